The molecule has 3 aromatic rings. The average molecular weight is 465 g/mol. The van der Waals surface area contributed by atoms with E-state index < -0.39 is 5.82 Å². The number of rotatable bonds is 6. The molecular formula is C19H18BrFN4O2S. The highest BCUT2D eigenvalue weighted by Crippen LogP contribution is 2.32. The van der Waals surface area contributed by atoms with Crippen LogP contribution in [0.4, 0.5) is 10.1 Å². The van der Waals surface area contributed by atoms with Crippen molar-refractivity contribution in [2.24, 2.45) is 0 Å². The lowest BCUT2D eigenvalue weighted by atomic mass is 10.2. The number of carbonyl (C=O) groups excluding carboxylic acids is 1. The van der Waals surface area contributed by atoms with Gasteiger partial charge in [0.15, 0.2) is 11.0 Å². The van der Waals surface area contributed by atoms with Gasteiger partial charge < -0.3 is 15.0 Å². The number of nitrogens with one attached hydrogen (secondary N) is 1. The maximum Gasteiger partial charge on any atom is 0.234 e. The Labute approximate surface area is 174 Å². The Morgan fingerprint density at radius 2 is 2.07 bits per heavy atom. The first-order valence-electron chi connectivity index (χ1n) is 8.50. The number of thioether (sulfide) groups is 1. The van der Waals surface area contributed by atoms with E-state index in [1.165, 1.54) is 23.9 Å². The molecule has 0 aliphatic rings. The number of phenolic OH excluding ortho intramolecular Hbond substituents is 1. The quantitative estimate of drug-likeness (QED) is 0.520. The first-order chi connectivity index (χ1) is 13.4. The van der Waals surface area contributed by atoms with Crippen LogP contribution in [-0.2, 0) is 11.3 Å². The molecular weight excluding hydrogens is 447 g/mol. The molecule has 0 saturated heterocycles. The zero-order valence-electron chi connectivity index (χ0n) is 15.2. The summed E-state index contributed by atoms with van der Waals surface area (Å²) in [7, 11) is 0. The summed E-state index contributed by atoms with van der Waals surface area (Å²) in [5.41, 5.74) is 1.78. The van der Waals surface area contributed by atoms with E-state index in [4.69, 9.17) is 0 Å². The van der Waals surface area contributed by atoms with E-state index in [9.17, 15) is 14.3 Å². The predicted molar refractivity (Wildman–Crippen MR) is 111 cm³/mol. The Morgan fingerprint density at radius 1 is 1.29 bits per heavy atom. The number of amides is 1. The molecule has 0 radical (unpaired) electrons. The molecule has 1 heterocycles. The highest BCUT2D eigenvalue weighted by Gasteiger charge is 2.17. The largest absolute Gasteiger partial charge is 0.507 e. The molecule has 2 N–H and O–H groups in total. The highest BCUT2D eigenvalue weighted by atomic mass is 79.9. The number of carbonyl (C=O) groups is 1. The third kappa shape index (κ3) is 4.53. The van der Waals surface area contributed by atoms with Gasteiger partial charge in [0, 0.05) is 16.7 Å². The Hall–Kier alpha value is -2.39. The van der Waals surface area contributed by atoms with Crippen molar-refractivity contribution < 1.29 is 14.3 Å². The molecule has 0 atom stereocenters. The molecule has 9 heteroatoms. The molecule has 1 aromatic heterocycles. The molecule has 3 rings (SSSR count). The van der Waals surface area contributed by atoms with Gasteiger partial charge in [-0.2, -0.15) is 0 Å². The second-order valence-electron chi connectivity index (χ2n) is 6.01. The van der Waals surface area contributed by atoms with Gasteiger partial charge in [-0.05, 0) is 49.7 Å². The molecule has 2 aromatic carbocycles. The number of benzene rings is 2. The Bertz CT molecular complexity index is 1030. The lowest BCUT2D eigenvalue weighted by molar-refractivity contribution is -0.113. The topological polar surface area (TPSA) is 80.0 Å². The van der Waals surface area contributed by atoms with Gasteiger partial charge in [0.05, 0.1) is 11.3 Å². The van der Waals surface area contributed by atoms with Crippen LogP contribution >= 0.6 is 27.7 Å². The van der Waals surface area contributed by atoms with E-state index in [0.717, 1.165) is 10.0 Å². The van der Waals surface area contributed by atoms with Gasteiger partial charge in [0.25, 0.3) is 0 Å². The molecule has 1 amide bonds. The average Bonchev–Trinajstić information content (AvgIpc) is 3.07. The number of hydrogen-bond acceptors (Lipinski definition) is 5. The summed E-state index contributed by atoms with van der Waals surface area (Å²) in [6.45, 7) is 4.30. The number of nitrogens with zero attached hydrogens (tertiary/aromatic N) is 3. The molecule has 0 fully saturated rings. The SMILES string of the molecule is CCn1c(SCC(=O)Nc2cc(F)ccc2C)nnc1-c1cc(Br)ccc1O. The van der Waals surface area contributed by atoms with Crippen molar-refractivity contribution in [1.29, 1.82) is 0 Å². The molecule has 6 nitrogen and oxygen atoms in total. The fourth-order valence-electron chi connectivity index (χ4n) is 2.61. The molecule has 146 valence electrons. The summed E-state index contributed by atoms with van der Waals surface area (Å²) in [6, 6.07) is 9.33. The highest BCUT2D eigenvalue weighted by molar-refractivity contribution is 9.10. The molecule has 0 spiro atoms. The third-order valence-electron chi connectivity index (χ3n) is 4.04. The smallest absolute Gasteiger partial charge is 0.234 e. The van der Waals surface area contributed by atoms with Gasteiger partial charge in [-0.1, -0.05) is 33.8 Å². The maximum absolute atomic E-state index is 13.4. The first kappa shape index (κ1) is 20.3. The lowest BCUT2D eigenvalue weighted by Crippen LogP contribution is -2.15. The lowest BCUT2D eigenvalue weighted by Gasteiger charge is -2.10. The fraction of sp³-hybridized carbons (Fsp3) is 0.211. The molecule has 0 aliphatic heterocycles. The van der Waals surface area contributed by atoms with Crippen LogP contribution in [-0.4, -0.2) is 31.5 Å². The summed E-state index contributed by atoms with van der Waals surface area (Å²) in [4.78, 5) is 12.3. The molecule has 0 aliphatic carbocycles. The van der Waals surface area contributed by atoms with Crippen LogP contribution < -0.4 is 5.32 Å². The van der Waals surface area contributed by atoms with Gasteiger partial charge >= 0.3 is 0 Å². The van der Waals surface area contributed by atoms with Crippen LogP contribution in [0.3, 0.4) is 0 Å². The van der Waals surface area contributed by atoms with Crippen LogP contribution in [0.15, 0.2) is 46.0 Å². The van der Waals surface area contributed by atoms with Crippen molar-refractivity contribution in [2.75, 3.05) is 11.1 Å². The van der Waals surface area contributed by atoms with Crippen molar-refractivity contribution in [1.82, 2.24) is 14.8 Å². The monoisotopic (exact) mass is 464 g/mol. The van der Waals surface area contributed by atoms with E-state index in [1.54, 1.807) is 31.2 Å². The van der Waals surface area contributed by atoms with Crippen molar-refractivity contribution in [3.05, 3.63) is 52.3 Å². The van der Waals surface area contributed by atoms with E-state index in [0.29, 0.717) is 28.8 Å². The van der Waals surface area contributed by atoms with E-state index in [1.807, 2.05) is 11.5 Å². The van der Waals surface area contributed by atoms with Gasteiger partial charge in [-0.3, -0.25) is 4.79 Å². The van der Waals surface area contributed by atoms with E-state index >= 15 is 0 Å². The fourth-order valence-corrected chi connectivity index (χ4v) is 3.78. The van der Waals surface area contributed by atoms with E-state index in [2.05, 4.69) is 31.4 Å². The van der Waals surface area contributed by atoms with Crippen LogP contribution in [0.2, 0.25) is 0 Å². The maximum atomic E-state index is 13.4. The van der Waals surface area contributed by atoms with Gasteiger partial charge in [0.1, 0.15) is 11.6 Å². The van der Waals surface area contributed by atoms with Crippen LogP contribution in [0.25, 0.3) is 11.4 Å². The van der Waals surface area contributed by atoms with Crippen molar-refractivity contribution >= 4 is 39.3 Å². The number of halogens is 2. The summed E-state index contributed by atoms with van der Waals surface area (Å²) in [6.07, 6.45) is 0. The second-order valence-corrected chi connectivity index (χ2v) is 7.87. The summed E-state index contributed by atoms with van der Waals surface area (Å²) in [5.74, 6) is 0.0405. The van der Waals surface area contributed by atoms with Crippen LogP contribution in [0.1, 0.15) is 12.5 Å². The zero-order valence-corrected chi connectivity index (χ0v) is 17.6. The number of anilines is 1. The Morgan fingerprint density at radius 3 is 2.82 bits per heavy atom. The second kappa shape index (κ2) is 8.74. The number of hydrogen-bond donors (Lipinski definition) is 2. The van der Waals surface area contributed by atoms with Crippen LogP contribution in [0.5, 0.6) is 5.75 Å². The number of aromatic hydroxyl groups is 1. The van der Waals surface area contributed by atoms with Crippen molar-refractivity contribution in [3.8, 4) is 17.1 Å². The van der Waals surface area contributed by atoms with Gasteiger partial charge in [-0.25, -0.2) is 4.39 Å². The first-order valence-corrected chi connectivity index (χ1v) is 10.3. The van der Waals surface area contributed by atoms with Crippen molar-refractivity contribution in [3.63, 3.8) is 0 Å². The molecule has 0 saturated carbocycles. The zero-order chi connectivity index (χ0) is 20.3. The standard InChI is InChI=1S/C19H18BrFN4O2S/c1-3-25-18(14-8-12(20)5-7-16(14)26)23-24-19(25)28-10-17(27)22-15-9-13(21)6-4-11(15)2/h4-9,26H,3,10H2,1-2H3,(H,22,27). The summed E-state index contributed by atoms with van der Waals surface area (Å²) < 4.78 is 16.0. The van der Waals surface area contributed by atoms with Gasteiger partial charge in [0.2, 0.25) is 5.91 Å². The Balaban J connectivity index is 1.75. The van der Waals surface area contributed by atoms with E-state index in [-0.39, 0.29) is 17.4 Å². The molecule has 0 bridgehead atoms. The van der Waals surface area contributed by atoms with Crippen molar-refractivity contribution in [2.45, 2.75) is 25.5 Å². The number of phenols is 1. The summed E-state index contributed by atoms with van der Waals surface area (Å²) in [5, 5.41) is 21.7. The number of aryl methyl sites for hydroxylation is 1. The Kier molecular flexibility index (Phi) is 6.35. The predicted octanol–water partition coefficient (Wildman–Crippen LogP) is 4.61. The summed E-state index contributed by atoms with van der Waals surface area (Å²) >= 11 is 4.61. The minimum absolute atomic E-state index is 0.0958. The molecule has 28 heavy (non-hydrogen) atoms. The minimum Gasteiger partial charge on any atom is -0.507 e. The van der Waals surface area contributed by atoms with Gasteiger partial charge in [-0.15, -0.1) is 10.2 Å². The molecule has 0 unspecified atom stereocenters. The van der Waals surface area contributed by atoms with Crippen LogP contribution in [0, 0.1) is 12.7 Å². The third-order valence-corrected chi connectivity index (χ3v) is 5.50. The normalized spacial score (nSPS) is 10.9. The number of aromatic nitrogens is 3. The minimum atomic E-state index is -0.405.